The minimum atomic E-state index is -0.956. The van der Waals surface area contributed by atoms with Crippen LogP contribution < -0.4 is 0 Å². The van der Waals surface area contributed by atoms with Crippen LogP contribution in [0.4, 0.5) is 0 Å². The van der Waals surface area contributed by atoms with Gasteiger partial charge in [0.25, 0.3) is 0 Å². The van der Waals surface area contributed by atoms with Crippen LogP contribution in [0.2, 0.25) is 0 Å². The van der Waals surface area contributed by atoms with Crippen molar-refractivity contribution >= 4 is 11.8 Å². The van der Waals surface area contributed by atoms with E-state index in [1.165, 1.54) is 10.5 Å². The van der Waals surface area contributed by atoms with Gasteiger partial charge in [0.05, 0.1) is 0 Å². The molecular weight excluding hydrogens is 252 g/mol. The van der Waals surface area contributed by atoms with Crippen molar-refractivity contribution in [1.82, 2.24) is 0 Å². The first-order chi connectivity index (χ1) is 8.57. The molecule has 1 nitrogen and oxygen atoms in total. The molecule has 0 unspecified atom stereocenters. The van der Waals surface area contributed by atoms with Crippen molar-refractivity contribution in [1.29, 1.82) is 0 Å². The van der Waals surface area contributed by atoms with E-state index in [4.69, 9.17) is 0 Å². The SMILES string of the molecule is C=C[C@](C)(O)c1ccc2c(c1)C(C)(C)CC(C)(C)S2. The maximum atomic E-state index is 10.3. The summed E-state index contributed by atoms with van der Waals surface area (Å²) < 4.78 is 0.263. The van der Waals surface area contributed by atoms with Crippen molar-refractivity contribution in [3.8, 4) is 0 Å². The zero-order valence-corrected chi connectivity index (χ0v) is 13.4. The van der Waals surface area contributed by atoms with Gasteiger partial charge in [0.15, 0.2) is 0 Å². The normalized spacial score (nSPS) is 23.3. The Balaban J connectivity index is 2.55. The lowest BCUT2D eigenvalue weighted by molar-refractivity contribution is 0.111. The highest BCUT2D eigenvalue weighted by molar-refractivity contribution is 8.00. The second kappa shape index (κ2) is 4.39. The molecule has 1 aliphatic rings. The Bertz CT molecular complexity index is 512. The van der Waals surface area contributed by atoms with E-state index in [0.29, 0.717) is 0 Å². The van der Waals surface area contributed by atoms with Crippen LogP contribution in [0.5, 0.6) is 0 Å². The largest absolute Gasteiger partial charge is 0.381 e. The van der Waals surface area contributed by atoms with Crippen molar-refractivity contribution in [3.63, 3.8) is 0 Å². The average molecular weight is 276 g/mol. The van der Waals surface area contributed by atoms with Crippen LogP contribution in [0.25, 0.3) is 0 Å². The molecule has 1 aliphatic heterocycles. The fraction of sp³-hybridized carbons (Fsp3) is 0.529. The summed E-state index contributed by atoms with van der Waals surface area (Å²) in [5.41, 5.74) is 1.45. The number of hydrogen-bond acceptors (Lipinski definition) is 2. The van der Waals surface area contributed by atoms with Gasteiger partial charge in [0.2, 0.25) is 0 Å². The summed E-state index contributed by atoms with van der Waals surface area (Å²) in [6, 6.07) is 6.32. The molecule has 2 heteroatoms. The van der Waals surface area contributed by atoms with Gasteiger partial charge < -0.3 is 5.11 Å². The Kier molecular flexibility index (Phi) is 3.39. The summed E-state index contributed by atoms with van der Waals surface area (Å²) in [6.07, 6.45) is 2.74. The standard InChI is InChI=1S/C17H24OS/c1-7-17(6,18)12-8-9-14-13(10-12)15(2,3)11-16(4,5)19-14/h7-10,18H,1,11H2,2-6H3/t17-/m0/s1. The van der Waals surface area contributed by atoms with Crippen molar-refractivity contribution in [3.05, 3.63) is 42.0 Å². The molecule has 0 bridgehead atoms. The van der Waals surface area contributed by atoms with Gasteiger partial charge >= 0.3 is 0 Å². The summed E-state index contributed by atoms with van der Waals surface area (Å²) in [5, 5.41) is 10.3. The van der Waals surface area contributed by atoms with E-state index in [-0.39, 0.29) is 10.2 Å². The summed E-state index contributed by atoms with van der Waals surface area (Å²) in [4.78, 5) is 1.34. The third-order valence-corrected chi connectivity index (χ3v) is 5.22. The van der Waals surface area contributed by atoms with E-state index < -0.39 is 5.60 Å². The Morgan fingerprint density at radius 3 is 2.53 bits per heavy atom. The molecule has 1 aromatic rings. The van der Waals surface area contributed by atoms with Crippen LogP contribution in [0.15, 0.2) is 35.7 Å². The molecule has 1 N–H and O–H groups in total. The van der Waals surface area contributed by atoms with Gasteiger partial charge in [-0.25, -0.2) is 0 Å². The second-order valence-electron chi connectivity index (χ2n) is 6.98. The van der Waals surface area contributed by atoms with Gasteiger partial charge in [-0.2, -0.15) is 0 Å². The van der Waals surface area contributed by atoms with E-state index in [9.17, 15) is 5.11 Å². The fourth-order valence-corrected chi connectivity index (χ4v) is 4.68. The van der Waals surface area contributed by atoms with Crippen LogP contribution in [-0.4, -0.2) is 9.85 Å². The Morgan fingerprint density at radius 2 is 1.95 bits per heavy atom. The van der Waals surface area contributed by atoms with E-state index in [2.05, 4.69) is 46.4 Å². The van der Waals surface area contributed by atoms with Crippen molar-refractivity contribution < 1.29 is 5.11 Å². The molecule has 0 aliphatic carbocycles. The first-order valence-corrected chi connectivity index (χ1v) is 7.59. The molecule has 19 heavy (non-hydrogen) atoms. The Hall–Kier alpha value is -0.730. The van der Waals surface area contributed by atoms with Crippen LogP contribution in [-0.2, 0) is 11.0 Å². The summed E-state index contributed by atoms with van der Waals surface area (Å²) >= 11 is 1.94. The number of hydrogen-bond donors (Lipinski definition) is 1. The van der Waals surface area contributed by atoms with Gasteiger partial charge in [-0.15, -0.1) is 11.8 Å². The molecule has 0 spiro atoms. The second-order valence-corrected chi connectivity index (χ2v) is 8.73. The molecule has 0 fully saturated rings. The molecule has 0 aromatic heterocycles. The zero-order chi connectivity index (χ0) is 14.5. The Labute approximate surface area is 121 Å². The van der Waals surface area contributed by atoms with Crippen molar-refractivity contribution in [2.75, 3.05) is 0 Å². The maximum Gasteiger partial charge on any atom is 0.105 e. The van der Waals surface area contributed by atoms with Crippen molar-refractivity contribution in [2.45, 2.75) is 61.7 Å². The summed E-state index contributed by atoms with van der Waals surface area (Å²) in [5.74, 6) is 0. The Morgan fingerprint density at radius 1 is 1.32 bits per heavy atom. The number of fused-ring (bicyclic) bond motifs is 1. The molecule has 0 saturated heterocycles. The molecule has 0 amide bonds. The zero-order valence-electron chi connectivity index (χ0n) is 12.6. The molecule has 1 heterocycles. The van der Waals surface area contributed by atoms with Crippen LogP contribution in [0, 0.1) is 0 Å². The smallest absolute Gasteiger partial charge is 0.105 e. The third-order valence-electron chi connectivity index (χ3n) is 3.94. The van der Waals surface area contributed by atoms with E-state index in [1.54, 1.807) is 13.0 Å². The highest BCUT2D eigenvalue weighted by atomic mass is 32.2. The molecule has 1 aromatic carbocycles. The maximum absolute atomic E-state index is 10.3. The van der Waals surface area contributed by atoms with Crippen molar-refractivity contribution in [2.24, 2.45) is 0 Å². The molecular formula is C17H24OS. The number of thioether (sulfide) groups is 1. The lowest BCUT2D eigenvalue weighted by atomic mass is 9.75. The predicted octanol–water partition coefficient (Wildman–Crippen LogP) is 4.63. The molecule has 1 atom stereocenters. The topological polar surface area (TPSA) is 20.2 Å². The van der Waals surface area contributed by atoms with Gasteiger partial charge in [-0.1, -0.05) is 52.5 Å². The van der Waals surface area contributed by atoms with Crippen LogP contribution in [0.1, 0.15) is 52.2 Å². The monoisotopic (exact) mass is 276 g/mol. The molecule has 2 rings (SSSR count). The van der Waals surface area contributed by atoms with E-state index in [0.717, 1.165) is 12.0 Å². The first kappa shape index (κ1) is 14.7. The molecule has 104 valence electrons. The van der Waals surface area contributed by atoms with Crippen LogP contribution >= 0.6 is 11.8 Å². The number of aliphatic hydroxyl groups is 1. The number of rotatable bonds is 2. The summed E-state index contributed by atoms with van der Waals surface area (Å²) in [7, 11) is 0. The quantitative estimate of drug-likeness (QED) is 0.795. The molecule has 0 saturated carbocycles. The third kappa shape index (κ3) is 2.75. The summed E-state index contributed by atoms with van der Waals surface area (Å²) in [6.45, 7) is 14.7. The van der Waals surface area contributed by atoms with Gasteiger partial charge in [0.1, 0.15) is 5.60 Å². The van der Waals surface area contributed by atoms with Gasteiger partial charge in [-0.3, -0.25) is 0 Å². The van der Waals surface area contributed by atoms with Gasteiger partial charge in [0, 0.05) is 9.64 Å². The average Bonchev–Trinajstić information content (AvgIpc) is 2.25. The van der Waals surface area contributed by atoms with Gasteiger partial charge in [-0.05, 0) is 36.0 Å². The predicted molar refractivity (Wildman–Crippen MR) is 83.8 cm³/mol. The fourth-order valence-electron chi connectivity index (χ4n) is 3.07. The highest BCUT2D eigenvalue weighted by Gasteiger charge is 2.38. The van der Waals surface area contributed by atoms with Crippen LogP contribution in [0.3, 0.4) is 0 Å². The molecule has 0 radical (unpaired) electrons. The lowest BCUT2D eigenvalue weighted by Gasteiger charge is -2.42. The minimum absolute atomic E-state index is 0.136. The lowest BCUT2D eigenvalue weighted by Crippen LogP contribution is -2.34. The number of benzene rings is 1. The minimum Gasteiger partial charge on any atom is -0.381 e. The first-order valence-electron chi connectivity index (χ1n) is 6.77. The van der Waals surface area contributed by atoms with E-state index >= 15 is 0 Å². The van der Waals surface area contributed by atoms with E-state index in [1.807, 2.05) is 17.8 Å². The highest BCUT2D eigenvalue weighted by Crippen LogP contribution is 2.51.